The number of piperazine rings is 1. The van der Waals surface area contributed by atoms with Crippen molar-refractivity contribution in [3.8, 4) is 5.69 Å². The summed E-state index contributed by atoms with van der Waals surface area (Å²) in [5.41, 5.74) is 13.1. The second kappa shape index (κ2) is 12.7. The number of benzene rings is 1. The van der Waals surface area contributed by atoms with Crippen molar-refractivity contribution in [2.75, 3.05) is 44.6 Å². The predicted molar refractivity (Wildman–Crippen MR) is 148 cm³/mol. The van der Waals surface area contributed by atoms with Crippen molar-refractivity contribution < 1.29 is 14.7 Å². The topological polar surface area (TPSA) is 163 Å². The van der Waals surface area contributed by atoms with Crippen LogP contribution in [0, 0.1) is 5.92 Å². The highest BCUT2D eigenvalue weighted by molar-refractivity contribution is 5.88. The molecule has 3 heterocycles. The average molecular weight is 541 g/mol. The quantitative estimate of drug-likeness (QED) is 0.386. The number of aromatic nitrogens is 2. The molecule has 3 atom stereocenters. The summed E-state index contributed by atoms with van der Waals surface area (Å²) in [7, 11) is 0. The Hall–Kier alpha value is -3.32. The third-order valence-corrected chi connectivity index (χ3v) is 7.75. The molecular weight excluding hydrogens is 500 g/mol. The first-order chi connectivity index (χ1) is 18.7. The number of amides is 3. The summed E-state index contributed by atoms with van der Waals surface area (Å²) in [6.07, 6.45) is 3.83. The van der Waals surface area contributed by atoms with E-state index in [1.54, 1.807) is 22.1 Å². The van der Waals surface area contributed by atoms with Crippen LogP contribution in [-0.4, -0.2) is 98.8 Å². The maximum atomic E-state index is 12.8. The van der Waals surface area contributed by atoms with Crippen LogP contribution in [0.4, 0.5) is 10.6 Å². The number of carbonyl (C=O) groups is 2. The summed E-state index contributed by atoms with van der Waals surface area (Å²) in [4.78, 5) is 47.4. The Balaban J connectivity index is 1.32. The van der Waals surface area contributed by atoms with Crippen LogP contribution in [0.3, 0.4) is 0 Å². The first kappa shape index (κ1) is 28.7. The van der Waals surface area contributed by atoms with Crippen LogP contribution in [0.1, 0.15) is 32.3 Å². The maximum absolute atomic E-state index is 12.8. The molecule has 1 aromatic carbocycles. The molecule has 2 aliphatic rings. The van der Waals surface area contributed by atoms with Crippen molar-refractivity contribution in [1.82, 2.24) is 24.3 Å². The van der Waals surface area contributed by atoms with Gasteiger partial charge in [0.15, 0.2) is 0 Å². The van der Waals surface area contributed by atoms with E-state index in [4.69, 9.17) is 16.6 Å². The monoisotopic (exact) mass is 540 g/mol. The van der Waals surface area contributed by atoms with Gasteiger partial charge in [0.2, 0.25) is 5.91 Å². The summed E-state index contributed by atoms with van der Waals surface area (Å²) in [5, 5.41) is 11.8. The number of anilines is 1. The van der Waals surface area contributed by atoms with E-state index < -0.39 is 24.4 Å². The molecule has 4 rings (SSSR count). The summed E-state index contributed by atoms with van der Waals surface area (Å²) >= 11 is 0. The third-order valence-electron chi connectivity index (χ3n) is 7.75. The Bertz CT molecular complexity index is 1190. The van der Waals surface area contributed by atoms with Crippen molar-refractivity contribution >= 4 is 17.8 Å². The van der Waals surface area contributed by atoms with Gasteiger partial charge in [-0.15, -0.1) is 0 Å². The van der Waals surface area contributed by atoms with E-state index in [0.29, 0.717) is 31.2 Å². The Morgan fingerprint density at radius 3 is 2.38 bits per heavy atom. The number of nitrogens with one attached hydrogen (secondary N) is 1. The van der Waals surface area contributed by atoms with Gasteiger partial charge in [0, 0.05) is 44.5 Å². The summed E-state index contributed by atoms with van der Waals surface area (Å²) < 4.78 is 1.43. The van der Waals surface area contributed by atoms with E-state index in [1.807, 2.05) is 31.2 Å². The molecule has 2 aromatic rings. The van der Waals surface area contributed by atoms with Gasteiger partial charge in [-0.3, -0.25) is 19.6 Å². The second-order valence-electron chi connectivity index (χ2n) is 10.7. The fraction of sp³-hybridized carbons (Fsp3) is 0.556. The number of piperidine rings is 1. The first-order valence-corrected chi connectivity index (χ1v) is 13.6. The fourth-order valence-electron chi connectivity index (χ4n) is 5.28. The zero-order valence-corrected chi connectivity index (χ0v) is 22.7. The van der Waals surface area contributed by atoms with Gasteiger partial charge in [0.05, 0.1) is 12.3 Å². The molecule has 2 fully saturated rings. The molecule has 2 saturated heterocycles. The molecule has 3 amide bonds. The number of aliphatic hydroxyl groups is 1. The molecule has 6 N–H and O–H groups in total. The van der Waals surface area contributed by atoms with Gasteiger partial charge in [-0.1, -0.05) is 12.1 Å². The number of hydrogen-bond donors (Lipinski definition) is 4. The molecule has 0 spiro atoms. The lowest BCUT2D eigenvalue weighted by Gasteiger charge is -2.40. The lowest BCUT2D eigenvalue weighted by atomic mass is 9.91. The van der Waals surface area contributed by atoms with Gasteiger partial charge < -0.3 is 26.4 Å². The van der Waals surface area contributed by atoms with Crippen molar-refractivity contribution in [1.29, 1.82) is 0 Å². The Labute approximate surface area is 228 Å². The number of nitrogens with zero attached hydrogens (tertiary/aromatic N) is 5. The molecule has 0 saturated carbocycles. The molecule has 1 aromatic heterocycles. The minimum absolute atomic E-state index is 0.154. The van der Waals surface area contributed by atoms with Crippen LogP contribution in [0.2, 0.25) is 0 Å². The van der Waals surface area contributed by atoms with Gasteiger partial charge in [-0.2, -0.15) is 4.98 Å². The SMILES string of the molecule is CC(N)C1CCN(Cc2ccc(-n3ccc(NC(=O)N4CCN(C(=O)[C@@H](N)CO)[C@H](C)C4)nc3=O)cc2)CC1. The standard InChI is InChI=1S/C27H40N8O4/c1-18-15-33(13-14-34(18)25(37)23(29)17-36)26(38)30-24-9-12-35(27(39)31-24)22-5-3-20(4-6-22)16-32-10-7-21(8-11-32)19(2)28/h3-6,9,12,18-19,21,23,36H,7-8,10-11,13-17,28-29H2,1-2H3,(H,30,31,38,39)/t18-,19?,23+/m1/s1. The fourth-order valence-corrected chi connectivity index (χ4v) is 5.28. The second-order valence-corrected chi connectivity index (χ2v) is 10.7. The number of aliphatic hydroxyl groups excluding tert-OH is 1. The van der Waals surface area contributed by atoms with E-state index >= 15 is 0 Å². The van der Waals surface area contributed by atoms with Gasteiger partial charge in [-0.05, 0) is 69.5 Å². The average Bonchev–Trinajstić information content (AvgIpc) is 2.93. The number of carbonyl (C=O) groups excluding carboxylic acids is 2. The Morgan fingerprint density at radius 2 is 1.79 bits per heavy atom. The maximum Gasteiger partial charge on any atom is 0.354 e. The van der Waals surface area contributed by atoms with E-state index in [9.17, 15) is 14.4 Å². The summed E-state index contributed by atoms with van der Waals surface area (Å²) in [6, 6.07) is 8.03. The lowest BCUT2D eigenvalue weighted by molar-refractivity contribution is -0.137. The molecule has 12 nitrogen and oxygen atoms in total. The molecule has 39 heavy (non-hydrogen) atoms. The lowest BCUT2D eigenvalue weighted by Crippen LogP contribution is -2.59. The molecule has 12 heteroatoms. The zero-order chi connectivity index (χ0) is 28.1. The predicted octanol–water partition coefficient (Wildman–Crippen LogP) is 0.176. The van der Waals surface area contributed by atoms with E-state index in [1.165, 1.54) is 10.1 Å². The normalized spacial score (nSPS) is 20.5. The van der Waals surface area contributed by atoms with E-state index in [2.05, 4.69) is 22.1 Å². The molecule has 0 aliphatic carbocycles. The zero-order valence-electron chi connectivity index (χ0n) is 22.7. The number of rotatable bonds is 7. The van der Waals surface area contributed by atoms with E-state index in [-0.39, 0.29) is 23.8 Å². The third kappa shape index (κ3) is 7.01. The Kier molecular flexibility index (Phi) is 9.33. The highest BCUT2D eigenvalue weighted by atomic mass is 16.3. The minimum Gasteiger partial charge on any atom is -0.394 e. The molecular formula is C27H40N8O4. The molecule has 212 valence electrons. The number of hydrogen-bond acceptors (Lipinski definition) is 8. The van der Waals surface area contributed by atoms with Gasteiger partial charge in [0.1, 0.15) is 11.9 Å². The summed E-state index contributed by atoms with van der Waals surface area (Å²) in [6.45, 7) is 7.30. The van der Waals surface area contributed by atoms with E-state index in [0.717, 1.165) is 32.5 Å². The first-order valence-electron chi connectivity index (χ1n) is 13.6. The number of urea groups is 1. The van der Waals surface area contributed by atoms with Gasteiger partial charge >= 0.3 is 11.7 Å². The van der Waals surface area contributed by atoms with Crippen molar-refractivity contribution in [2.45, 2.75) is 51.4 Å². The van der Waals surface area contributed by atoms with Crippen LogP contribution in [0.15, 0.2) is 41.3 Å². The van der Waals surface area contributed by atoms with Crippen LogP contribution < -0.4 is 22.5 Å². The molecule has 1 unspecified atom stereocenters. The smallest absolute Gasteiger partial charge is 0.354 e. The Morgan fingerprint density at radius 1 is 1.10 bits per heavy atom. The van der Waals surface area contributed by atoms with Crippen molar-refractivity contribution in [2.24, 2.45) is 17.4 Å². The molecule has 2 aliphatic heterocycles. The molecule has 0 radical (unpaired) electrons. The van der Waals surface area contributed by atoms with Gasteiger partial charge in [-0.25, -0.2) is 9.59 Å². The largest absolute Gasteiger partial charge is 0.394 e. The highest BCUT2D eigenvalue weighted by Crippen LogP contribution is 2.21. The summed E-state index contributed by atoms with van der Waals surface area (Å²) in [5.74, 6) is 0.406. The van der Waals surface area contributed by atoms with Crippen molar-refractivity contribution in [3.05, 3.63) is 52.6 Å². The minimum atomic E-state index is -0.969. The van der Waals surface area contributed by atoms with Crippen LogP contribution in [-0.2, 0) is 11.3 Å². The van der Waals surface area contributed by atoms with Crippen LogP contribution >= 0.6 is 0 Å². The van der Waals surface area contributed by atoms with Crippen molar-refractivity contribution in [3.63, 3.8) is 0 Å². The number of likely N-dealkylation sites (tertiary alicyclic amines) is 1. The molecule has 0 bridgehead atoms. The highest BCUT2D eigenvalue weighted by Gasteiger charge is 2.32. The van der Waals surface area contributed by atoms with Crippen LogP contribution in [0.5, 0.6) is 0 Å². The number of nitrogens with two attached hydrogens (primary N) is 2. The van der Waals surface area contributed by atoms with Gasteiger partial charge in [0.25, 0.3) is 0 Å². The van der Waals surface area contributed by atoms with Crippen LogP contribution in [0.25, 0.3) is 5.69 Å².